The maximum atomic E-state index is 13.2. The number of anilines is 1. The highest BCUT2D eigenvalue weighted by atomic mass is 19.1. The van der Waals surface area contributed by atoms with E-state index in [2.05, 4.69) is 11.4 Å². The summed E-state index contributed by atoms with van der Waals surface area (Å²) < 4.78 is 13.2. The first kappa shape index (κ1) is 18.3. The van der Waals surface area contributed by atoms with Crippen molar-refractivity contribution in [2.75, 3.05) is 5.32 Å². The number of aryl methyl sites for hydroxylation is 1. The van der Waals surface area contributed by atoms with Crippen LogP contribution in [0.15, 0.2) is 60.7 Å². The molecule has 1 amide bonds. The van der Waals surface area contributed by atoms with Crippen molar-refractivity contribution < 1.29 is 19.1 Å². The molecular weight excluding hydrogens is 345 g/mol. The van der Waals surface area contributed by atoms with E-state index in [4.69, 9.17) is 5.11 Å². The summed E-state index contributed by atoms with van der Waals surface area (Å²) in [4.78, 5) is 23.5. The number of hydrogen-bond acceptors (Lipinski definition) is 2. The zero-order valence-corrected chi connectivity index (χ0v) is 14.9. The van der Waals surface area contributed by atoms with Crippen molar-refractivity contribution >= 4 is 33.9 Å². The lowest BCUT2D eigenvalue weighted by Crippen LogP contribution is -2.12. The van der Waals surface area contributed by atoms with E-state index >= 15 is 0 Å². The van der Waals surface area contributed by atoms with Crippen LogP contribution in [0.2, 0.25) is 0 Å². The molecule has 0 radical (unpaired) electrons. The summed E-state index contributed by atoms with van der Waals surface area (Å²) in [6.07, 6.45) is 1.39. The molecule has 0 heterocycles. The molecule has 5 heteroatoms. The lowest BCUT2D eigenvalue weighted by Gasteiger charge is -2.08. The third-order valence-corrected chi connectivity index (χ3v) is 4.27. The van der Waals surface area contributed by atoms with E-state index in [1.54, 1.807) is 6.92 Å². The normalized spacial score (nSPS) is 11.4. The molecular formula is C22H18FNO3. The van der Waals surface area contributed by atoms with Crippen molar-refractivity contribution in [1.29, 1.82) is 0 Å². The maximum Gasteiger partial charge on any atom is 0.337 e. The average molecular weight is 363 g/mol. The van der Waals surface area contributed by atoms with Crippen LogP contribution in [0.25, 0.3) is 16.3 Å². The van der Waals surface area contributed by atoms with Crippen molar-refractivity contribution in [3.63, 3.8) is 0 Å². The van der Waals surface area contributed by atoms with Crippen molar-refractivity contribution in [2.24, 2.45) is 0 Å². The summed E-state index contributed by atoms with van der Waals surface area (Å²) in [5.74, 6) is -2.47. The molecule has 2 N–H and O–H groups in total. The Labute approximate surface area is 156 Å². The minimum absolute atomic E-state index is 0.0481. The Morgan fingerprint density at radius 3 is 2.44 bits per heavy atom. The molecule has 0 saturated heterocycles. The molecule has 0 unspecified atom stereocenters. The van der Waals surface area contributed by atoms with Gasteiger partial charge < -0.3 is 10.4 Å². The fourth-order valence-corrected chi connectivity index (χ4v) is 2.86. The van der Waals surface area contributed by atoms with Gasteiger partial charge in [0.15, 0.2) is 0 Å². The van der Waals surface area contributed by atoms with Crippen molar-refractivity contribution in [3.05, 3.63) is 83.2 Å². The number of allylic oxidation sites excluding steroid dienone is 1. The third kappa shape index (κ3) is 4.20. The van der Waals surface area contributed by atoms with Crippen LogP contribution in [0.3, 0.4) is 0 Å². The predicted molar refractivity (Wildman–Crippen MR) is 104 cm³/mol. The second-order valence-electron chi connectivity index (χ2n) is 6.38. The molecule has 0 fully saturated rings. The van der Waals surface area contributed by atoms with Gasteiger partial charge in [-0.05, 0) is 60.0 Å². The Hall–Kier alpha value is -3.47. The number of nitrogens with one attached hydrogen (secondary N) is 1. The Bertz CT molecular complexity index is 1090. The van der Waals surface area contributed by atoms with E-state index in [-0.39, 0.29) is 11.3 Å². The Balaban J connectivity index is 1.85. The number of fused-ring (bicyclic) bond motifs is 1. The fraction of sp³-hybridized carbons (Fsp3) is 0.0909. The third-order valence-electron chi connectivity index (χ3n) is 4.27. The Morgan fingerprint density at radius 2 is 1.70 bits per heavy atom. The molecule has 0 atom stereocenters. The zero-order chi connectivity index (χ0) is 19.6. The number of amides is 1. The summed E-state index contributed by atoms with van der Waals surface area (Å²) in [5.41, 5.74) is 2.55. The molecule has 0 aliphatic rings. The summed E-state index contributed by atoms with van der Waals surface area (Å²) in [6, 6.07) is 15.3. The van der Waals surface area contributed by atoms with Crippen molar-refractivity contribution in [1.82, 2.24) is 0 Å². The van der Waals surface area contributed by atoms with Gasteiger partial charge in [-0.1, -0.05) is 35.9 Å². The van der Waals surface area contributed by atoms with Crippen LogP contribution in [-0.4, -0.2) is 17.0 Å². The van der Waals surface area contributed by atoms with Gasteiger partial charge in [-0.2, -0.15) is 0 Å². The number of carboxylic acid groups (broad SMARTS) is 1. The molecule has 0 bridgehead atoms. The highest BCUT2D eigenvalue weighted by Gasteiger charge is 2.13. The van der Waals surface area contributed by atoms with Gasteiger partial charge >= 0.3 is 5.97 Å². The molecule has 3 rings (SSSR count). The topological polar surface area (TPSA) is 66.4 Å². The molecule has 3 aromatic carbocycles. The second kappa shape index (κ2) is 7.41. The smallest absolute Gasteiger partial charge is 0.337 e. The van der Waals surface area contributed by atoms with Gasteiger partial charge in [0.05, 0.1) is 11.3 Å². The molecule has 4 nitrogen and oxygen atoms in total. The number of halogens is 1. The number of carbonyl (C=O) groups excluding carboxylic acids is 1. The first-order valence-electron chi connectivity index (χ1n) is 8.36. The van der Waals surface area contributed by atoms with E-state index in [0.29, 0.717) is 0 Å². The first-order valence-corrected chi connectivity index (χ1v) is 8.36. The van der Waals surface area contributed by atoms with E-state index in [9.17, 15) is 14.0 Å². The van der Waals surface area contributed by atoms with Crippen LogP contribution >= 0.6 is 0 Å². The van der Waals surface area contributed by atoms with Gasteiger partial charge in [0.2, 0.25) is 5.91 Å². The molecule has 0 spiro atoms. The highest BCUT2D eigenvalue weighted by Crippen LogP contribution is 2.23. The molecule has 0 aromatic heterocycles. The maximum absolute atomic E-state index is 13.2. The van der Waals surface area contributed by atoms with Crippen molar-refractivity contribution in [3.8, 4) is 0 Å². The van der Waals surface area contributed by atoms with Gasteiger partial charge in [-0.25, -0.2) is 9.18 Å². The number of hydrogen-bond donors (Lipinski definition) is 2. The van der Waals surface area contributed by atoms with Crippen LogP contribution in [-0.2, 0) is 4.79 Å². The lowest BCUT2D eigenvalue weighted by molar-refractivity contribution is -0.111. The number of carbonyl (C=O) groups is 2. The first-order chi connectivity index (χ1) is 12.8. The van der Waals surface area contributed by atoms with Crippen molar-refractivity contribution in [2.45, 2.75) is 13.8 Å². The average Bonchev–Trinajstić information content (AvgIpc) is 2.62. The monoisotopic (exact) mass is 363 g/mol. The standard InChI is InChI=1S/C22H18FNO3/c1-13-3-4-17-11-15(5-6-16(17)9-13)14(2)10-21(25)24-20-8-7-18(23)12-19(20)22(26)27/h3-12H,1-2H3,(H,24,25)(H,26,27). The quantitative estimate of drug-likeness (QED) is 0.639. The molecule has 136 valence electrons. The fourth-order valence-electron chi connectivity index (χ4n) is 2.86. The summed E-state index contributed by atoms with van der Waals surface area (Å²) in [5, 5.41) is 13.8. The predicted octanol–water partition coefficient (Wildman–Crippen LogP) is 5.03. The SMILES string of the molecule is CC(=CC(=O)Nc1ccc(F)cc1C(=O)O)c1ccc2cc(C)ccc2c1. The largest absolute Gasteiger partial charge is 0.478 e. The summed E-state index contributed by atoms with van der Waals surface area (Å²) in [7, 11) is 0. The van der Waals surface area contributed by atoms with Gasteiger partial charge in [-0.3, -0.25) is 4.79 Å². The van der Waals surface area contributed by atoms with Crippen LogP contribution in [0.1, 0.15) is 28.4 Å². The molecule has 3 aromatic rings. The van der Waals surface area contributed by atoms with E-state index < -0.39 is 17.7 Å². The number of carboxylic acids is 1. The van der Waals surface area contributed by atoms with Crippen LogP contribution in [0.4, 0.5) is 10.1 Å². The molecule has 0 saturated carbocycles. The lowest BCUT2D eigenvalue weighted by atomic mass is 10.0. The summed E-state index contributed by atoms with van der Waals surface area (Å²) in [6.45, 7) is 3.83. The summed E-state index contributed by atoms with van der Waals surface area (Å²) >= 11 is 0. The van der Waals surface area contributed by atoms with Gasteiger partial charge in [-0.15, -0.1) is 0 Å². The molecule has 27 heavy (non-hydrogen) atoms. The van der Waals surface area contributed by atoms with E-state index in [1.807, 2.05) is 37.3 Å². The van der Waals surface area contributed by atoms with E-state index in [0.717, 1.165) is 34.0 Å². The Morgan fingerprint density at radius 1 is 1.00 bits per heavy atom. The second-order valence-corrected chi connectivity index (χ2v) is 6.38. The number of rotatable bonds is 4. The Kier molecular flexibility index (Phi) is 5.03. The van der Waals surface area contributed by atoms with Gasteiger partial charge in [0.25, 0.3) is 0 Å². The number of aromatic carboxylic acids is 1. The van der Waals surface area contributed by atoms with Gasteiger partial charge in [0.1, 0.15) is 5.82 Å². The minimum atomic E-state index is -1.31. The van der Waals surface area contributed by atoms with Gasteiger partial charge in [0, 0.05) is 6.08 Å². The zero-order valence-electron chi connectivity index (χ0n) is 14.9. The molecule has 0 aliphatic heterocycles. The van der Waals surface area contributed by atoms with Crippen LogP contribution in [0, 0.1) is 12.7 Å². The van der Waals surface area contributed by atoms with Crippen LogP contribution in [0.5, 0.6) is 0 Å². The molecule has 0 aliphatic carbocycles. The van der Waals surface area contributed by atoms with Crippen LogP contribution < -0.4 is 5.32 Å². The van der Waals surface area contributed by atoms with E-state index in [1.165, 1.54) is 17.7 Å². The minimum Gasteiger partial charge on any atom is -0.478 e. The number of benzene rings is 3. The highest BCUT2D eigenvalue weighted by molar-refractivity contribution is 6.07.